The maximum absolute atomic E-state index is 14.0. The minimum absolute atomic E-state index is 0.0365. The molecule has 0 spiro atoms. The minimum atomic E-state index is -0.924. The van der Waals surface area contributed by atoms with E-state index < -0.39 is 11.5 Å². The van der Waals surface area contributed by atoms with Gasteiger partial charge in [-0.3, -0.25) is 4.79 Å². The molecule has 0 radical (unpaired) electrons. The number of carbonyl (C=O) groups excluding carboxylic acids is 1. The lowest BCUT2D eigenvalue weighted by Crippen LogP contribution is -2.43. The summed E-state index contributed by atoms with van der Waals surface area (Å²) in [6, 6.07) is 24.0. The number of aliphatic hydroxyl groups is 1. The van der Waals surface area contributed by atoms with Gasteiger partial charge in [0.15, 0.2) is 0 Å². The Morgan fingerprint density at radius 3 is 2.36 bits per heavy atom. The lowest BCUT2D eigenvalue weighted by Gasteiger charge is -2.25. The lowest BCUT2D eigenvalue weighted by molar-refractivity contribution is -0.117. The Bertz CT molecular complexity index is 1380. The molecule has 1 aliphatic heterocycles. The molecule has 0 fully saturated rings. The van der Waals surface area contributed by atoms with Crippen molar-refractivity contribution in [3.63, 3.8) is 0 Å². The standard InChI is InChI=1S/C28H25FN2O2/c1-17-21-15-20(29)13-14-22(21)30-25(17)23(19-11-7-4-8-12-19)24-26(32)28(2,31-27(24)33)16-18-9-5-3-6-10-18/h3-15,23,30,32H,16H2,1-2H3,(H,31,33)/t23?,28-/m1/s1. The molecule has 5 heteroatoms. The fourth-order valence-electron chi connectivity index (χ4n) is 4.91. The van der Waals surface area contributed by atoms with Crippen molar-refractivity contribution in [3.05, 3.63) is 118 Å². The van der Waals surface area contributed by atoms with Crippen LogP contribution >= 0.6 is 0 Å². The Kier molecular flexibility index (Phi) is 5.05. The number of nitrogens with one attached hydrogen (secondary N) is 2. The molecule has 1 aromatic heterocycles. The Labute approximate surface area is 191 Å². The van der Waals surface area contributed by atoms with Crippen LogP contribution in [0, 0.1) is 12.7 Å². The number of aryl methyl sites for hydroxylation is 1. The average molecular weight is 441 g/mol. The molecule has 0 bridgehead atoms. The van der Waals surface area contributed by atoms with Gasteiger partial charge in [0.1, 0.15) is 11.6 Å². The molecule has 0 aliphatic carbocycles. The number of aromatic nitrogens is 1. The van der Waals surface area contributed by atoms with Crippen molar-refractivity contribution in [2.75, 3.05) is 0 Å². The van der Waals surface area contributed by atoms with Crippen LogP contribution in [0.25, 0.3) is 10.9 Å². The van der Waals surface area contributed by atoms with E-state index in [4.69, 9.17) is 0 Å². The van der Waals surface area contributed by atoms with Gasteiger partial charge >= 0.3 is 0 Å². The molecular weight excluding hydrogens is 415 g/mol. The summed E-state index contributed by atoms with van der Waals surface area (Å²) in [5.41, 5.74) is 3.68. The molecule has 4 aromatic rings. The largest absolute Gasteiger partial charge is 0.509 e. The van der Waals surface area contributed by atoms with Crippen LogP contribution in [0.4, 0.5) is 4.39 Å². The molecular formula is C28H25FN2O2. The second kappa shape index (κ2) is 7.93. The van der Waals surface area contributed by atoms with E-state index in [1.807, 2.05) is 74.5 Å². The SMILES string of the molecule is Cc1c(C(C2=C(O)[C@@](C)(Cc3ccccc3)NC2=O)c2ccccc2)[nH]c2ccc(F)cc12. The number of benzene rings is 3. The number of H-pyrrole nitrogens is 1. The van der Waals surface area contributed by atoms with E-state index >= 15 is 0 Å². The van der Waals surface area contributed by atoms with Crippen molar-refractivity contribution in [1.29, 1.82) is 0 Å². The molecule has 33 heavy (non-hydrogen) atoms. The van der Waals surface area contributed by atoms with Gasteiger partial charge in [-0.2, -0.15) is 0 Å². The number of aromatic amines is 1. The van der Waals surface area contributed by atoms with Crippen molar-refractivity contribution in [3.8, 4) is 0 Å². The molecule has 0 saturated heterocycles. The van der Waals surface area contributed by atoms with Crippen molar-refractivity contribution in [2.24, 2.45) is 0 Å². The van der Waals surface area contributed by atoms with Gasteiger partial charge in [-0.05, 0) is 48.7 Å². The van der Waals surface area contributed by atoms with Crippen LogP contribution in [0.1, 0.15) is 35.2 Å². The number of hydrogen-bond donors (Lipinski definition) is 3. The topological polar surface area (TPSA) is 65.1 Å². The van der Waals surface area contributed by atoms with Crippen molar-refractivity contribution < 1.29 is 14.3 Å². The number of aliphatic hydroxyl groups excluding tert-OH is 1. The quantitative estimate of drug-likeness (QED) is 0.373. The summed E-state index contributed by atoms with van der Waals surface area (Å²) in [7, 11) is 0. The van der Waals surface area contributed by atoms with Gasteiger partial charge < -0.3 is 15.4 Å². The van der Waals surface area contributed by atoms with Crippen LogP contribution in [-0.2, 0) is 11.2 Å². The molecule has 2 heterocycles. The third-order valence-corrected chi connectivity index (χ3v) is 6.58. The monoisotopic (exact) mass is 440 g/mol. The molecule has 5 rings (SSSR count). The van der Waals surface area contributed by atoms with Gasteiger partial charge in [-0.1, -0.05) is 60.7 Å². The van der Waals surface area contributed by atoms with Crippen LogP contribution in [-0.4, -0.2) is 21.5 Å². The van der Waals surface area contributed by atoms with Crippen LogP contribution in [0.2, 0.25) is 0 Å². The van der Waals surface area contributed by atoms with Gasteiger partial charge in [-0.15, -0.1) is 0 Å². The fourth-order valence-corrected chi connectivity index (χ4v) is 4.91. The number of carbonyl (C=O) groups is 1. The minimum Gasteiger partial charge on any atom is -0.509 e. The lowest BCUT2D eigenvalue weighted by atomic mass is 9.83. The van der Waals surface area contributed by atoms with Gasteiger partial charge in [0.05, 0.1) is 17.0 Å². The van der Waals surface area contributed by atoms with Gasteiger partial charge in [0, 0.05) is 23.0 Å². The maximum Gasteiger partial charge on any atom is 0.252 e. The maximum atomic E-state index is 14.0. The highest BCUT2D eigenvalue weighted by atomic mass is 19.1. The summed E-state index contributed by atoms with van der Waals surface area (Å²) < 4.78 is 14.0. The molecule has 3 N–H and O–H groups in total. The first kappa shape index (κ1) is 21.0. The molecule has 0 saturated carbocycles. The number of amides is 1. The molecule has 1 amide bonds. The van der Waals surface area contributed by atoms with Gasteiger partial charge in [0.2, 0.25) is 0 Å². The number of fused-ring (bicyclic) bond motifs is 1. The molecule has 1 unspecified atom stereocenters. The first-order valence-corrected chi connectivity index (χ1v) is 11.0. The second-order valence-corrected chi connectivity index (χ2v) is 8.91. The number of rotatable bonds is 5. The predicted octanol–water partition coefficient (Wildman–Crippen LogP) is 5.69. The first-order valence-electron chi connectivity index (χ1n) is 11.0. The summed E-state index contributed by atoms with van der Waals surface area (Å²) in [6.07, 6.45) is 0.466. The summed E-state index contributed by atoms with van der Waals surface area (Å²) in [4.78, 5) is 16.7. The number of hydrogen-bond acceptors (Lipinski definition) is 2. The zero-order chi connectivity index (χ0) is 23.2. The highest BCUT2D eigenvalue weighted by molar-refractivity contribution is 6.00. The fraction of sp³-hybridized carbons (Fsp3) is 0.179. The van der Waals surface area contributed by atoms with Gasteiger partial charge in [-0.25, -0.2) is 4.39 Å². The zero-order valence-corrected chi connectivity index (χ0v) is 18.5. The van der Waals surface area contributed by atoms with Crippen molar-refractivity contribution in [2.45, 2.75) is 31.7 Å². The second-order valence-electron chi connectivity index (χ2n) is 8.91. The van der Waals surface area contributed by atoms with Crippen LogP contribution in [0.5, 0.6) is 0 Å². The van der Waals surface area contributed by atoms with Crippen LogP contribution in [0.3, 0.4) is 0 Å². The third kappa shape index (κ3) is 3.59. The smallest absolute Gasteiger partial charge is 0.252 e. The third-order valence-electron chi connectivity index (χ3n) is 6.58. The summed E-state index contributed by atoms with van der Waals surface area (Å²) in [5.74, 6) is -1.11. The summed E-state index contributed by atoms with van der Waals surface area (Å²) in [5, 5.41) is 15.2. The molecule has 4 nitrogen and oxygen atoms in total. The summed E-state index contributed by atoms with van der Waals surface area (Å²) >= 11 is 0. The van der Waals surface area contributed by atoms with E-state index in [0.29, 0.717) is 12.0 Å². The highest BCUT2D eigenvalue weighted by Crippen LogP contribution is 2.42. The predicted molar refractivity (Wildman–Crippen MR) is 128 cm³/mol. The molecule has 1 aliphatic rings. The Balaban J connectivity index is 1.69. The molecule has 3 aromatic carbocycles. The van der Waals surface area contributed by atoms with Crippen molar-refractivity contribution >= 4 is 16.8 Å². The molecule has 166 valence electrons. The van der Waals surface area contributed by atoms with E-state index in [2.05, 4.69) is 10.3 Å². The normalized spacial score (nSPS) is 19.2. The van der Waals surface area contributed by atoms with E-state index in [1.54, 1.807) is 6.07 Å². The highest BCUT2D eigenvalue weighted by Gasteiger charge is 2.45. The van der Waals surface area contributed by atoms with E-state index in [-0.39, 0.29) is 17.5 Å². The Morgan fingerprint density at radius 1 is 1.00 bits per heavy atom. The van der Waals surface area contributed by atoms with Crippen LogP contribution in [0.15, 0.2) is 90.2 Å². The first-order chi connectivity index (χ1) is 15.9. The Morgan fingerprint density at radius 2 is 1.67 bits per heavy atom. The summed E-state index contributed by atoms with van der Waals surface area (Å²) in [6.45, 7) is 3.76. The van der Waals surface area contributed by atoms with E-state index in [1.165, 1.54) is 12.1 Å². The Hall–Kier alpha value is -3.86. The number of halogens is 1. The van der Waals surface area contributed by atoms with E-state index in [0.717, 1.165) is 33.3 Å². The van der Waals surface area contributed by atoms with Crippen LogP contribution < -0.4 is 5.32 Å². The van der Waals surface area contributed by atoms with Gasteiger partial charge in [0.25, 0.3) is 5.91 Å². The average Bonchev–Trinajstić information content (AvgIpc) is 3.24. The van der Waals surface area contributed by atoms with E-state index in [9.17, 15) is 14.3 Å². The molecule has 2 atom stereocenters. The van der Waals surface area contributed by atoms with Crippen molar-refractivity contribution in [1.82, 2.24) is 10.3 Å². The zero-order valence-electron chi connectivity index (χ0n) is 18.5.